The lowest BCUT2D eigenvalue weighted by atomic mass is 10.0. The van der Waals surface area contributed by atoms with E-state index >= 15 is 0 Å². The highest BCUT2D eigenvalue weighted by Crippen LogP contribution is 2.40. The molecule has 2 N–H and O–H groups in total. The van der Waals surface area contributed by atoms with Gasteiger partial charge in [0, 0.05) is 24.0 Å². The molecule has 2 aliphatic rings. The van der Waals surface area contributed by atoms with Gasteiger partial charge in [-0.15, -0.1) is 11.3 Å². The van der Waals surface area contributed by atoms with E-state index in [1.54, 1.807) is 36.7 Å². The molecule has 174 valence electrons. The molecule has 1 atom stereocenters. The summed E-state index contributed by atoms with van der Waals surface area (Å²) in [7, 11) is 3.70. The van der Waals surface area contributed by atoms with Crippen molar-refractivity contribution >= 4 is 34.3 Å². The van der Waals surface area contributed by atoms with Gasteiger partial charge in [0.15, 0.2) is 0 Å². The van der Waals surface area contributed by atoms with E-state index in [1.807, 2.05) is 36.4 Å². The molecule has 0 bridgehead atoms. The standard InChI is InChI=1S/C26H25N3O4S/c1-29-13-12-20-21(15-29)34-26-23(20)25(31)27-24(28-26)17-4-3-5-19(14-17)33-22(30)11-8-16-6-9-18(32-2)10-7-16/h3-11,14,24,28H,12-13,15H2,1-2H3,(H,27,31). The largest absolute Gasteiger partial charge is 0.497 e. The summed E-state index contributed by atoms with van der Waals surface area (Å²) in [6.45, 7) is 1.81. The Kier molecular flexibility index (Phi) is 6.08. The number of nitrogens with zero attached hydrogens (tertiary/aromatic N) is 1. The van der Waals surface area contributed by atoms with Gasteiger partial charge >= 0.3 is 5.97 Å². The molecule has 3 heterocycles. The fourth-order valence-corrected chi connectivity index (χ4v) is 5.55. The fraction of sp³-hybridized carbons (Fsp3) is 0.231. The van der Waals surface area contributed by atoms with Crippen molar-refractivity contribution in [2.75, 3.05) is 26.0 Å². The van der Waals surface area contributed by atoms with Gasteiger partial charge in [-0.2, -0.15) is 0 Å². The number of esters is 1. The second-order valence-corrected chi connectivity index (χ2v) is 9.45. The first kappa shape index (κ1) is 22.2. The van der Waals surface area contributed by atoms with Crippen LogP contribution in [0.1, 0.15) is 38.1 Å². The zero-order valence-electron chi connectivity index (χ0n) is 19.0. The predicted octanol–water partition coefficient (Wildman–Crippen LogP) is 4.22. The summed E-state index contributed by atoms with van der Waals surface area (Å²) in [4.78, 5) is 28.8. The van der Waals surface area contributed by atoms with E-state index in [0.29, 0.717) is 5.75 Å². The van der Waals surface area contributed by atoms with Gasteiger partial charge in [0.2, 0.25) is 0 Å². The van der Waals surface area contributed by atoms with Crippen LogP contribution >= 0.6 is 11.3 Å². The van der Waals surface area contributed by atoms with Crippen molar-refractivity contribution in [2.24, 2.45) is 0 Å². The first-order valence-electron chi connectivity index (χ1n) is 11.0. The second-order valence-electron chi connectivity index (χ2n) is 8.35. The molecule has 0 fully saturated rings. The Hall–Kier alpha value is -3.62. The molecule has 1 amide bonds. The molecule has 1 aromatic heterocycles. The number of benzene rings is 2. The van der Waals surface area contributed by atoms with E-state index in [2.05, 4.69) is 22.6 Å². The topological polar surface area (TPSA) is 79.9 Å². The average Bonchev–Trinajstić information content (AvgIpc) is 3.21. The molecular weight excluding hydrogens is 450 g/mol. The third-order valence-electron chi connectivity index (χ3n) is 5.96. The maximum atomic E-state index is 12.9. The highest BCUT2D eigenvalue weighted by molar-refractivity contribution is 7.16. The second kappa shape index (κ2) is 9.32. The molecule has 2 aliphatic heterocycles. The molecular formula is C26H25N3O4S. The molecule has 5 rings (SSSR count). The number of ether oxygens (including phenoxy) is 2. The van der Waals surface area contributed by atoms with Crippen molar-refractivity contribution in [3.8, 4) is 11.5 Å². The zero-order valence-corrected chi connectivity index (χ0v) is 19.8. The SMILES string of the molecule is COc1ccc(C=CC(=O)Oc2cccc(C3NC(=O)c4c(sc5c4CCN(C)C5)N3)c2)cc1. The lowest BCUT2D eigenvalue weighted by Gasteiger charge is -2.27. The number of rotatable bonds is 5. The van der Waals surface area contributed by atoms with Crippen LogP contribution in [-0.4, -0.2) is 37.5 Å². The van der Waals surface area contributed by atoms with E-state index < -0.39 is 12.1 Å². The molecule has 0 aliphatic carbocycles. The van der Waals surface area contributed by atoms with E-state index in [-0.39, 0.29) is 5.91 Å². The molecule has 34 heavy (non-hydrogen) atoms. The number of methoxy groups -OCH3 is 1. The number of carbonyl (C=O) groups excluding carboxylic acids is 2. The highest BCUT2D eigenvalue weighted by Gasteiger charge is 2.32. The maximum Gasteiger partial charge on any atom is 0.336 e. The Morgan fingerprint density at radius 1 is 1.15 bits per heavy atom. The molecule has 0 saturated carbocycles. The maximum absolute atomic E-state index is 12.9. The van der Waals surface area contributed by atoms with Gasteiger partial charge in [-0.1, -0.05) is 24.3 Å². The summed E-state index contributed by atoms with van der Waals surface area (Å²) in [6, 6.07) is 14.6. The van der Waals surface area contributed by atoms with Crippen molar-refractivity contribution in [3.63, 3.8) is 0 Å². The van der Waals surface area contributed by atoms with Crippen molar-refractivity contribution in [2.45, 2.75) is 19.1 Å². The van der Waals surface area contributed by atoms with Crippen molar-refractivity contribution in [1.29, 1.82) is 0 Å². The highest BCUT2D eigenvalue weighted by atomic mass is 32.1. The number of nitrogens with one attached hydrogen (secondary N) is 2. The summed E-state index contributed by atoms with van der Waals surface area (Å²) in [5.41, 5.74) is 3.61. The first-order valence-corrected chi connectivity index (χ1v) is 11.9. The van der Waals surface area contributed by atoms with E-state index in [9.17, 15) is 9.59 Å². The molecule has 0 radical (unpaired) electrons. The molecule has 3 aromatic rings. The Morgan fingerprint density at radius 3 is 2.76 bits per heavy atom. The first-order chi connectivity index (χ1) is 16.5. The van der Waals surface area contributed by atoms with Gasteiger partial charge in [-0.3, -0.25) is 4.79 Å². The number of thiophene rings is 1. The van der Waals surface area contributed by atoms with Crippen LogP contribution in [0.4, 0.5) is 5.00 Å². The Morgan fingerprint density at radius 2 is 1.97 bits per heavy atom. The number of amides is 1. The predicted molar refractivity (Wildman–Crippen MR) is 132 cm³/mol. The lowest BCUT2D eigenvalue weighted by molar-refractivity contribution is -0.128. The third-order valence-corrected chi connectivity index (χ3v) is 7.11. The molecule has 0 saturated heterocycles. The van der Waals surface area contributed by atoms with Crippen molar-refractivity contribution < 1.29 is 19.1 Å². The molecule has 1 unspecified atom stereocenters. The van der Waals surface area contributed by atoms with Gasteiger partial charge in [-0.05, 0) is 60.5 Å². The number of hydrogen-bond acceptors (Lipinski definition) is 7. The van der Waals surface area contributed by atoms with Crippen LogP contribution in [0.15, 0.2) is 54.6 Å². The fourth-order valence-electron chi connectivity index (χ4n) is 4.20. The zero-order chi connectivity index (χ0) is 23.7. The quantitative estimate of drug-likeness (QED) is 0.327. The van der Waals surface area contributed by atoms with Crippen LogP contribution in [0.25, 0.3) is 6.08 Å². The number of carbonyl (C=O) groups is 2. The number of likely N-dealkylation sites (N-methyl/N-ethyl adjacent to an activating group) is 1. The number of fused-ring (bicyclic) bond motifs is 3. The minimum atomic E-state index is -0.481. The van der Waals surface area contributed by atoms with Crippen molar-refractivity contribution in [1.82, 2.24) is 10.2 Å². The van der Waals surface area contributed by atoms with E-state index in [4.69, 9.17) is 9.47 Å². The molecule has 8 heteroatoms. The van der Waals surface area contributed by atoms with Crippen LogP contribution in [0.2, 0.25) is 0 Å². The molecule has 2 aromatic carbocycles. The lowest BCUT2D eigenvalue weighted by Crippen LogP contribution is -2.38. The minimum absolute atomic E-state index is 0.0642. The van der Waals surface area contributed by atoms with Crippen LogP contribution < -0.4 is 20.1 Å². The van der Waals surface area contributed by atoms with Gasteiger partial charge in [0.25, 0.3) is 5.91 Å². The minimum Gasteiger partial charge on any atom is -0.497 e. The summed E-state index contributed by atoms with van der Waals surface area (Å²) in [6.07, 6.45) is 3.56. The van der Waals surface area contributed by atoms with Crippen molar-refractivity contribution in [3.05, 3.63) is 81.7 Å². The van der Waals surface area contributed by atoms with Gasteiger partial charge < -0.3 is 25.0 Å². The normalized spacial score (nSPS) is 17.5. The van der Waals surface area contributed by atoms with Gasteiger partial charge in [-0.25, -0.2) is 4.79 Å². The Balaban J connectivity index is 1.28. The number of hydrogen-bond donors (Lipinski definition) is 2. The van der Waals surface area contributed by atoms with Gasteiger partial charge in [0.1, 0.15) is 22.7 Å². The van der Waals surface area contributed by atoms with E-state index in [1.165, 1.54) is 11.0 Å². The van der Waals surface area contributed by atoms with Crippen LogP contribution in [0, 0.1) is 0 Å². The van der Waals surface area contributed by atoms with Crippen LogP contribution in [-0.2, 0) is 17.8 Å². The molecule has 7 nitrogen and oxygen atoms in total. The molecule has 0 spiro atoms. The summed E-state index contributed by atoms with van der Waals surface area (Å²) in [5.74, 6) is 0.620. The Bertz CT molecular complexity index is 1270. The summed E-state index contributed by atoms with van der Waals surface area (Å²) in [5, 5.41) is 7.41. The monoisotopic (exact) mass is 475 g/mol. The Labute approximate surface area is 202 Å². The van der Waals surface area contributed by atoms with Crippen LogP contribution in [0.5, 0.6) is 11.5 Å². The van der Waals surface area contributed by atoms with E-state index in [0.717, 1.165) is 52.5 Å². The average molecular weight is 476 g/mol. The van der Waals surface area contributed by atoms with Gasteiger partial charge in [0.05, 0.1) is 12.7 Å². The summed E-state index contributed by atoms with van der Waals surface area (Å²) >= 11 is 1.65. The third kappa shape index (κ3) is 4.55. The van der Waals surface area contributed by atoms with Crippen LogP contribution in [0.3, 0.4) is 0 Å². The number of anilines is 1. The smallest absolute Gasteiger partial charge is 0.336 e. The summed E-state index contributed by atoms with van der Waals surface area (Å²) < 4.78 is 10.6.